The number of hydrogen-bond acceptors (Lipinski definition) is 4. The average Bonchev–Trinajstić information content (AvgIpc) is 2.54. The van der Waals surface area contributed by atoms with E-state index in [4.69, 9.17) is 16.3 Å². The maximum absolute atomic E-state index is 13.0. The fraction of sp³-hybridized carbons (Fsp3) is 0.176. The molecular formula is C17H15ClN2O2S. The number of halogens is 1. The van der Waals surface area contributed by atoms with Gasteiger partial charge in [-0.05, 0) is 49.1 Å². The van der Waals surface area contributed by atoms with E-state index < -0.39 is 0 Å². The summed E-state index contributed by atoms with van der Waals surface area (Å²) in [5, 5.41) is 1.67. The third kappa shape index (κ3) is 2.82. The number of benzene rings is 2. The fourth-order valence-electron chi connectivity index (χ4n) is 2.46. The largest absolute Gasteiger partial charge is 0.495 e. The Balaban J connectivity index is 2.42. The van der Waals surface area contributed by atoms with Crippen LogP contribution in [0.25, 0.3) is 16.6 Å². The molecule has 0 amide bonds. The van der Waals surface area contributed by atoms with Crippen molar-refractivity contribution in [1.82, 2.24) is 9.55 Å². The van der Waals surface area contributed by atoms with Crippen molar-refractivity contribution in [1.29, 1.82) is 0 Å². The van der Waals surface area contributed by atoms with Crippen LogP contribution >= 0.6 is 23.4 Å². The molecule has 0 aliphatic carbocycles. The summed E-state index contributed by atoms with van der Waals surface area (Å²) >= 11 is 7.42. The lowest BCUT2D eigenvalue weighted by Crippen LogP contribution is -2.22. The van der Waals surface area contributed by atoms with Gasteiger partial charge in [-0.3, -0.25) is 9.36 Å². The van der Waals surface area contributed by atoms with E-state index in [9.17, 15) is 4.79 Å². The third-order valence-electron chi connectivity index (χ3n) is 3.56. The minimum absolute atomic E-state index is 0.139. The normalized spacial score (nSPS) is 11.0. The minimum atomic E-state index is -0.139. The van der Waals surface area contributed by atoms with Crippen molar-refractivity contribution >= 4 is 34.3 Å². The van der Waals surface area contributed by atoms with Gasteiger partial charge in [-0.15, -0.1) is 0 Å². The molecule has 0 aliphatic heterocycles. The SMILES string of the molecule is COc1ccc(C)cc1-n1c(SC)nc2cc(Cl)ccc2c1=O. The molecule has 0 spiro atoms. The number of ether oxygens (including phenoxy) is 1. The zero-order valence-electron chi connectivity index (χ0n) is 13.0. The van der Waals surface area contributed by atoms with Gasteiger partial charge in [0.1, 0.15) is 5.75 Å². The lowest BCUT2D eigenvalue weighted by atomic mass is 10.2. The van der Waals surface area contributed by atoms with E-state index >= 15 is 0 Å². The summed E-state index contributed by atoms with van der Waals surface area (Å²) in [6.07, 6.45) is 1.89. The van der Waals surface area contributed by atoms with Crippen LogP contribution in [-0.2, 0) is 0 Å². The lowest BCUT2D eigenvalue weighted by Gasteiger charge is -2.15. The van der Waals surface area contributed by atoms with E-state index in [2.05, 4.69) is 4.98 Å². The molecular weight excluding hydrogens is 332 g/mol. The second-order valence-electron chi connectivity index (χ2n) is 5.08. The molecule has 0 fully saturated rings. The number of hydrogen-bond donors (Lipinski definition) is 0. The molecule has 0 saturated carbocycles. The summed E-state index contributed by atoms with van der Waals surface area (Å²) in [7, 11) is 1.59. The summed E-state index contributed by atoms with van der Waals surface area (Å²) in [4.78, 5) is 17.6. The van der Waals surface area contributed by atoms with Crippen molar-refractivity contribution in [3.8, 4) is 11.4 Å². The van der Waals surface area contributed by atoms with E-state index in [1.807, 2.05) is 31.4 Å². The molecule has 0 radical (unpaired) electrons. The second kappa shape index (κ2) is 6.26. The van der Waals surface area contributed by atoms with Gasteiger partial charge in [0.2, 0.25) is 0 Å². The van der Waals surface area contributed by atoms with Gasteiger partial charge in [0.05, 0.1) is 23.7 Å². The Morgan fingerprint density at radius 3 is 2.70 bits per heavy atom. The number of methoxy groups -OCH3 is 1. The van der Waals surface area contributed by atoms with Gasteiger partial charge in [-0.25, -0.2) is 4.98 Å². The molecule has 0 bridgehead atoms. The molecule has 1 aromatic heterocycles. The first-order valence-electron chi connectivity index (χ1n) is 6.96. The quantitative estimate of drug-likeness (QED) is 0.529. The predicted octanol–water partition coefficient (Wildman–Crippen LogP) is 4.08. The highest BCUT2D eigenvalue weighted by Crippen LogP contribution is 2.27. The summed E-state index contributed by atoms with van der Waals surface area (Å²) in [6.45, 7) is 1.97. The van der Waals surface area contributed by atoms with Crippen LogP contribution in [0, 0.1) is 6.92 Å². The standard InChI is InChI=1S/C17H15ClN2O2S/c1-10-4-7-15(22-2)14(8-10)20-16(21)12-6-5-11(18)9-13(12)19-17(20)23-3/h4-9H,1-3H3. The molecule has 6 heteroatoms. The van der Waals surface area contributed by atoms with Crippen LogP contribution in [0.4, 0.5) is 0 Å². The Kier molecular flexibility index (Phi) is 4.33. The van der Waals surface area contributed by atoms with Crippen molar-refractivity contribution in [2.24, 2.45) is 0 Å². The molecule has 0 atom stereocenters. The molecule has 0 saturated heterocycles. The van der Waals surface area contributed by atoms with E-state index in [0.29, 0.717) is 32.5 Å². The molecule has 3 aromatic rings. The lowest BCUT2D eigenvalue weighted by molar-refractivity contribution is 0.411. The highest BCUT2D eigenvalue weighted by molar-refractivity contribution is 7.98. The zero-order valence-corrected chi connectivity index (χ0v) is 14.5. The maximum Gasteiger partial charge on any atom is 0.266 e. The smallest absolute Gasteiger partial charge is 0.266 e. The molecule has 0 aliphatic rings. The summed E-state index contributed by atoms with van der Waals surface area (Å²) in [5.41, 5.74) is 2.18. The van der Waals surface area contributed by atoms with Crippen molar-refractivity contribution in [3.05, 3.63) is 57.3 Å². The van der Waals surface area contributed by atoms with Crippen LogP contribution in [0.3, 0.4) is 0 Å². The first-order valence-corrected chi connectivity index (χ1v) is 8.56. The summed E-state index contributed by atoms with van der Waals surface area (Å²) < 4.78 is 7.01. The van der Waals surface area contributed by atoms with Gasteiger partial charge < -0.3 is 4.74 Å². The molecule has 23 heavy (non-hydrogen) atoms. The number of aromatic nitrogens is 2. The highest BCUT2D eigenvalue weighted by Gasteiger charge is 2.16. The van der Waals surface area contributed by atoms with Gasteiger partial charge in [0, 0.05) is 5.02 Å². The third-order valence-corrected chi connectivity index (χ3v) is 4.43. The fourth-order valence-corrected chi connectivity index (χ4v) is 3.18. The van der Waals surface area contributed by atoms with Gasteiger partial charge >= 0.3 is 0 Å². The van der Waals surface area contributed by atoms with Gasteiger partial charge in [-0.1, -0.05) is 29.4 Å². The van der Waals surface area contributed by atoms with E-state index in [1.165, 1.54) is 11.8 Å². The Morgan fingerprint density at radius 2 is 2.00 bits per heavy atom. The van der Waals surface area contributed by atoms with E-state index in [-0.39, 0.29) is 5.56 Å². The second-order valence-corrected chi connectivity index (χ2v) is 6.29. The zero-order chi connectivity index (χ0) is 16.6. The highest BCUT2D eigenvalue weighted by atomic mass is 35.5. The molecule has 2 aromatic carbocycles. The van der Waals surface area contributed by atoms with Gasteiger partial charge in [-0.2, -0.15) is 0 Å². The van der Waals surface area contributed by atoms with Crippen molar-refractivity contribution in [2.45, 2.75) is 12.1 Å². The minimum Gasteiger partial charge on any atom is -0.495 e. The van der Waals surface area contributed by atoms with Crippen LogP contribution in [-0.4, -0.2) is 22.9 Å². The summed E-state index contributed by atoms with van der Waals surface area (Å²) in [5.74, 6) is 0.628. The van der Waals surface area contributed by atoms with E-state index in [0.717, 1.165) is 5.56 Å². The van der Waals surface area contributed by atoms with Crippen LogP contribution in [0.5, 0.6) is 5.75 Å². The van der Waals surface area contributed by atoms with Crippen molar-refractivity contribution in [3.63, 3.8) is 0 Å². The van der Waals surface area contributed by atoms with Crippen molar-refractivity contribution in [2.75, 3.05) is 13.4 Å². The first kappa shape index (κ1) is 15.9. The number of aryl methyl sites for hydroxylation is 1. The monoisotopic (exact) mass is 346 g/mol. The predicted molar refractivity (Wildman–Crippen MR) is 95.4 cm³/mol. The van der Waals surface area contributed by atoms with Crippen LogP contribution in [0.1, 0.15) is 5.56 Å². The Hall–Kier alpha value is -1.98. The molecule has 1 heterocycles. The van der Waals surface area contributed by atoms with Gasteiger partial charge in [0.25, 0.3) is 5.56 Å². The van der Waals surface area contributed by atoms with Crippen molar-refractivity contribution < 1.29 is 4.74 Å². The van der Waals surface area contributed by atoms with Crippen LogP contribution < -0.4 is 10.3 Å². The number of thioether (sulfide) groups is 1. The maximum atomic E-state index is 13.0. The summed E-state index contributed by atoms with van der Waals surface area (Å²) in [6, 6.07) is 10.8. The van der Waals surface area contributed by atoms with Crippen LogP contribution in [0.2, 0.25) is 5.02 Å². The number of rotatable bonds is 3. The van der Waals surface area contributed by atoms with Crippen LogP contribution in [0.15, 0.2) is 46.3 Å². The molecule has 0 N–H and O–H groups in total. The molecule has 118 valence electrons. The number of nitrogens with zero attached hydrogens (tertiary/aromatic N) is 2. The Bertz CT molecular complexity index is 953. The first-order chi connectivity index (χ1) is 11.0. The number of fused-ring (bicyclic) bond motifs is 1. The molecule has 3 rings (SSSR count). The topological polar surface area (TPSA) is 44.1 Å². The average molecular weight is 347 g/mol. The Morgan fingerprint density at radius 1 is 1.22 bits per heavy atom. The Labute approximate surface area is 143 Å². The molecule has 4 nitrogen and oxygen atoms in total. The van der Waals surface area contributed by atoms with E-state index in [1.54, 1.807) is 29.9 Å². The molecule has 0 unspecified atom stereocenters. The van der Waals surface area contributed by atoms with Gasteiger partial charge in [0.15, 0.2) is 5.16 Å².